The molecule has 0 saturated heterocycles. The highest BCUT2D eigenvalue weighted by atomic mass is 35.5. The quantitative estimate of drug-likeness (QED) is 0.319. The Morgan fingerprint density at radius 2 is 1.97 bits per heavy atom. The number of nitrogens with one attached hydrogen (secondary N) is 1. The molecule has 1 aliphatic rings. The number of hydrogen-bond acceptors (Lipinski definition) is 2. The summed E-state index contributed by atoms with van der Waals surface area (Å²) in [6.45, 7) is 4.73. The van der Waals surface area contributed by atoms with E-state index < -0.39 is 0 Å². The molecule has 4 nitrogen and oxygen atoms in total. The number of benzene rings is 2. The molecule has 1 fully saturated rings. The lowest BCUT2D eigenvalue weighted by molar-refractivity contribution is -0.118. The summed E-state index contributed by atoms with van der Waals surface area (Å²) in [6.07, 6.45) is 6.11. The van der Waals surface area contributed by atoms with Crippen LogP contribution in [0, 0.1) is 24.2 Å². The van der Waals surface area contributed by atoms with E-state index >= 15 is 0 Å². The molecule has 1 saturated carbocycles. The Kier molecular flexibility index (Phi) is 7.12. The number of nitrogens with zero attached hydrogens (tertiary/aromatic N) is 2. The average Bonchev–Trinajstić information content (AvgIpc) is 3.06. The number of fused-ring (bicyclic) bond motifs is 1. The number of para-hydroxylation sites is 1. The fraction of sp³-hybridized carbons (Fsp3) is 0.333. The van der Waals surface area contributed by atoms with Crippen molar-refractivity contribution in [3.05, 3.63) is 74.9 Å². The first-order valence-electron chi connectivity index (χ1n) is 11.3. The van der Waals surface area contributed by atoms with E-state index in [2.05, 4.69) is 22.9 Å². The number of carbonyl (C=O) groups excluding carboxylic acids is 1. The summed E-state index contributed by atoms with van der Waals surface area (Å²) in [5, 5.41) is 15.1. The van der Waals surface area contributed by atoms with Gasteiger partial charge in [0.05, 0.1) is 0 Å². The standard InChI is InChI=1S/C27H27Cl2N3O/c1-17-7-3-5-9-25(17)31-27(33)20(15-30)13-23-18(2)32(26-10-6-4-8-22(23)26)16-19-11-12-21(28)14-24(19)29/h4,6,8,10-14,17,25H,3,5,7,9,16H2,1-2H3,(H,31,33)/b20-13+/t17-,25-/m1/s1. The van der Waals surface area contributed by atoms with Gasteiger partial charge in [-0.05, 0) is 55.5 Å². The molecule has 1 aliphatic carbocycles. The van der Waals surface area contributed by atoms with Crippen LogP contribution in [0.1, 0.15) is 49.4 Å². The normalized spacial score (nSPS) is 18.8. The first-order valence-corrected chi connectivity index (χ1v) is 12.1. The lowest BCUT2D eigenvalue weighted by atomic mass is 9.86. The van der Waals surface area contributed by atoms with Crippen LogP contribution in [0.3, 0.4) is 0 Å². The van der Waals surface area contributed by atoms with Gasteiger partial charge in [-0.25, -0.2) is 0 Å². The van der Waals surface area contributed by atoms with E-state index in [1.54, 1.807) is 12.1 Å². The van der Waals surface area contributed by atoms with Gasteiger partial charge < -0.3 is 9.88 Å². The Balaban J connectivity index is 1.71. The molecule has 1 aromatic heterocycles. The maximum absolute atomic E-state index is 13.0. The lowest BCUT2D eigenvalue weighted by Gasteiger charge is -2.29. The molecule has 4 rings (SSSR count). The molecule has 2 aromatic carbocycles. The Morgan fingerprint density at radius 1 is 1.21 bits per heavy atom. The van der Waals surface area contributed by atoms with Crippen molar-refractivity contribution in [2.24, 2.45) is 5.92 Å². The van der Waals surface area contributed by atoms with Gasteiger partial charge in [0.25, 0.3) is 5.91 Å². The van der Waals surface area contributed by atoms with Gasteiger partial charge in [0.2, 0.25) is 0 Å². The summed E-state index contributed by atoms with van der Waals surface area (Å²) in [5.41, 5.74) is 3.94. The fourth-order valence-electron chi connectivity index (χ4n) is 4.73. The minimum absolute atomic E-state index is 0.123. The maximum atomic E-state index is 13.0. The van der Waals surface area contributed by atoms with Crippen molar-refractivity contribution >= 4 is 46.1 Å². The first kappa shape index (κ1) is 23.4. The van der Waals surface area contributed by atoms with Crippen LogP contribution in [0.5, 0.6) is 0 Å². The Labute approximate surface area is 204 Å². The van der Waals surface area contributed by atoms with Gasteiger partial charge in [-0.15, -0.1) is 0 Å². The molecule has 3 aromatic rings. The Morgan fingerprint density at radius 3 is 2.70 bits per heavy atom. The van der Waals surface area contributed by atoms with Crippen LogP contribution < -0.4 is 5.32 Å². The second-order valence-electron chi connectivity index (χ2n) is 8.85. The summed E-state index contributed by atoms with van der Waals surface area (Å²) < 4.78 is 2.16. The van der Waals surface area contributed by atoms with Crippen molar-refractivity contribution in [2.75, 3.05) is 0 Å². The molecule has 0 spiro atoms. The number of halogens is 2. The topological polar surface area (TPSA) is 57.8 Å². The number of carbonyl (C=O) groups is 1. The van der Waals surface area contributed by atoms with Gasteiger partial charge >= 0.3 is 0 Å². The molecular formula is C27H27Cl2N3O. The zero-order valence-electron chi connectivity index (χ0n) is 18.9. The third-order valence-electron chi connectivity index (χ3n) is 6.70. The molecule has 0 radical (unpaired) electrons. The summed E-state index contributed by atoms with van der Waals surface area (Å²) in [4.78, 5) is 13.0. The molecule has 0 bridgehead atoms. The SMILES string of the molecule is Cc1c(/C=C(\C#N)C(=O)N[C@@H]2CCCC[C@H]2C)c2ccccc2n1Cc1ccc(Cl)cc1Cl. The van der Waals surface area contributed by atoms with Gasteiger partial charge in [0.15, 0.2) is 0 Å². The smallest absolute Gasteiger partial charge is 0.262 e. The predicted octanol–water partition coefficient (Wildman–Crippen LogP) is 6.91. The van der Waals surface area contributed by atoms with Crippen LogP contribution in [0.15, 0.2) is 48.0 Å². The Hall–Kier alpha value is -2.74. The van der Waals surface area contributed by atoms with Crippen molar-refractivity contribution in [2.45, 2.75) is 52.1 Å². The zero-order chi connectivity index (χ0) is 23.5. The van der Waals surface area contributed by atoms with Crippen molar-refractivity contribution in [3.8, 4) is 6.07 Å². The lowest BCUT2D eigenvalue weighted by Crippen LogP contribution is -2.41. The third kappa shape index (κ3) is 4.95. The monoisotopic (exact) mass is 479 g/mol. The van der Waals surface area contributed by atoms with Gasteiger partial charge in [-0.3, -0.25) is 4.79 Å². The molecule has 2 atom stereocenters. The molecule has 170 valence electrons. The molecule has 0 unspecified atom stereocenters. The zero-order valence-corrected chi connectivity index (χ0v) is 20.4. The third-order valence-corrected chi connectivity index (χ3v) is 7.29. The molecule has 1 amide bonds. The summed E-state index contributed by atoms with van der Waals surface area (Å²) in [7, 11) is 0. The van der Waals surface area contributed by atoms with E-state index in [4.69, 9.17) is 23.2 Å². The van der Waals surface area contributed by atoms with E-state index in [1.165, 1.54) is 6.42 Å². The predicted molar refractivity (Wildman–Crippen MR) is 135 cm³/mol. The van der Waals surface area contributed by atoms with Crippen LogP contribution in [0.2, 0.25) is 10.0 Å². The summed E-state index contributed by atoms with van der Waals surface area (Å²) in [6, 6.07) is 15.8. The van der Waals surface area contributed by atoms with Crippen LogP contribution in [-0.2, 0) is 11.3 Å². The molecule has 1 N–H and O–H groups in total. The van der Waals surface area contributed by atoms with Crippen molar-refractivity contribution in [1.29, 1.82) is 5.26 Å². The van der Waals surface area contributed by atoms with E-state index in [1.807, 2.05) is 43.3 Å². The van der Waals surface area contributed by atoms with Crippen LogP contribution in [0.4, 0.5) is 0 Å². The summed E-state index contributed by atoms with van der Waals surface area (Å²) >= 11 is 12.5. The van der Waals surface area contributed by atoms with Crippen molar-refractivity contribution < 1.29 is 4.79 Å². The number of aromatic nitrogens is 1. The number of amides is 1. The highest BCUT2D eigenvalue weighted by Crippen LogP contribution is 2.31. The highest BCUT2D eigenvalue weighted by Gasteiger charge is 2.24. The molecule has 0 aliphatic heterocycles. The molecular weight excluding hydrogens is 453 g/mol. The minimum atomic E-state index is -0.298. The van der Waals surface area contributed by atoms with Gasteiger partial charge in [0, 0.05) is 44.8 Å². The van der Waals surface area contributed by atoms with Crippen LogP contribution in [0.25, 0.3) is 17.0 Å². The van der Waals surface area contributed by atoms with Gasteiger partial charge in [0.1, 0.15) is 11.6 Å². The number of hydrogen-bond donors (Lipinski definition) is 1. The molecule has 1 heterocycles. The van der Waals surface area contributed by atoms with E-state index in [-0.39, 0.29) is 17.5 Å². The highest BCUT2D eigenvalue weighted by molar-refractivity contribution is 6.35. The number of rotatable bonds is 5. The minimum Gasteiger partial charge on any atom is -0.348 e. The van der Waals surface area contributed by atoms with Crippen molar-refractivity contribution in [3.63, 3.8) is 0 Å². The molecule has 33 heavy (non-hydrogen) atoms. The largest absolute Gasteiger partial charge is 0.348 e. The maximum Gasteiger partial charge on any atom is 0.262 e. The van der Waals surface area contributed by atoms with Crippen LogP contribution in [-0.4, -0.2) is 16.5 Å². The van der Waals surface area contributed by atoms with Crippen molar-refractivity contribution in [1.82, 2.24) is 9.88 Å². The summed E-state index contributed by atoms with van der Waals surface area (Å²) in [5.74, 6) is 0.128. The van der Waals surface area contributed by atoms with E-state index in [9.17, 15) is 10.1 Å². The second kappa shape index (κ2) is 10.0. The van der Waals surface area contributed by atoms with E-state index in [0.717, 1.165) is 47.0 Å². The van der Waals surface area contributed by atoms with Gasteiger partial charge in [-0.2, -0.15) is 5.26 Å². The van der Waals surface area contributed by atoms with Crippen LogP contribution >= 0.6 is 23.2 Å². The molecule has 6 heteroatoms. The fourth-order valence-corrected chi connectivity index (χ4v) is 5.20. The van der Waals surface area contributed by atoms with E-state index in [0.29, 0.717) is 22.5 Å². The Bertz CT molecular complexity index is 1270. The van der Waals surface area contributed by atoms with Gasteiger partial charge in [-0.1, -0.05) is 67.2 Å². The second-order valence-corrected chi connectivity index (χ2v) is 9.69. The first-order chi connectivity index (χ1) is 15.9. The number of nitriles is 1. The average molecular weight is 480 g/mol.